The van der Waals surface area contributed by atoms with Crippen molar-refractivity contribution in [2.24, 2.45) is 0 Å². The number of benzene rings is 1. The van der Waals surface area contributed by atoms with E-state index in [1.165, 1.54) is 12.1 Å². The maximum absolute atomic E-state index is 10.9. The van der Waals surface area contributed by atoms with Gasteiger partial charge in [-0.1, -0.05) is 0 Å². The zero-order chi connectivity index (χ0) is 13.7. The van der Waals surface area contributed by atoms with Gasteiger partial charge in [-0.25, -0.2) is 0 Å². The number of hydrogen-bond acceptors (Lipinski definition) is 5. The molecule has 1 atom stereocenters. The molecular formula is C13H18N2O4. The Labute approximate surface area is 111 Å². The Hall–Kier alpha value is -1.82. The van der Waals surface area contributed by atoms with E-state index in [9.17, 15) is 10.1 Å². The highest BCUT2D eigenvalue weighted by molar-refractivity contribution is 5.56. The van der Waals surface area contributed by atoms with E-state index in [0.717, 1.165) is 19.4 Å². The van der Waals surface area contributed by atoms with Crippen molar-refractivity contribution in [1.29, 1.82) is 0 Å². The first-order chi connectivity index (χ1) is 9.19. The van der Waals surface area contributed by atoms with Gasteiger partial charge in [-0.2, -0.15) is 0 Å². The van der Waals surface area contributed by atoms with Crippen LogP contribution in [0.2, 0.25) is 0 Å². The van der Waals surface area contributed by atoms with Gasteiger partial charge in [-0.15, -0.1) is 0 Å². The number of non-ortho nitro benzene ring substituents is 1. The summed E-state index contributed by atoms with van der Waals surface area (Å²) >= 11 is 0. The fraction of sp³-hybridized carbons (Fsp3) is 0.538. The van der Waals surface area contributed by atoms with Gasteiger partial charge in [-0.05, 0) is 19.8 Å². The first-order valence-corrected chi connectivity index (χ1v) is 6.47. The van der Waals surface area contributed by atoms with Crippen LogP contribution < -0.4 is 10.1 Å². The zero-order valence-corrected chi connectivity index (χ0v) is 10.9. The average molecular weight is 266 g/mol. The molecule has 0 aromatic heterocycles. The minimum absolute atomic E-state index is 0.0285. The molecule has 1 saturated heterocycles. The summed E-state index contributed by atoms with van der Waals surface area (Å²) in [5, 5.41) is 14.0. The Bertz CT molecular complexity index is 444. The van der Waals surface area contributed by atoms with Gasteiger partial charge < -0.3 is 14.8 Å². The lowest BCUT2D eigenvalue weighted by Gasteiger charge is -2.13. The van der Waals surface area contributed by atoms with Crippen LogP contribution in [0.3, 0.4) is 0 Å². The molecule has 6 heteroatoms. The molecule has 1 aromatic rings. The van der Waals surface area contributed by atoms with Crippen LogP contribution in [-0.2, 0) is 4.74 Å². The van der Waals surface area contributed by atoms with Crippen LogP contribution in [0, 0.1) is 10.1 Å². The first-order valence-electron chi connectivity index (χ1n) is 6.47. The topological polar surface area (TPSA) is 73.6 Å². The third-order valence-corrected chi connectivity index (χ3v) is 2.97. The van der Waals surface area contributed by atoms with Crippen molar-refractivity contribution < 1.29 is 14.4 Å². The molecular weight excluding hydrogens is 248 g/mol. The molecule has 0 bridgehead atoms. The van der Waals surface area contributed by atoms with E-state index >= 15 is 0 Å². The van der Waals surface area contributed by atoms with Crippen molar-refractivity contribution in [3.63, 3.8) is 0 Å². The summed E-state index contributed by atoms with van der Waals surface area (Å²) in [4.78, 5) is 10.5. The summed E-state index contributed by atoms with van der Waals surface area (Å²) in [6, 6.07) is 4.71. The second-order valence-corrected chi connectivity index (χ2v) is 4.42. The van der Waals surface area contributed by atoms with Gasteiger partial charge >= 0.3 is 0 Å². The maximum atomic E-state index is 10.9. The van der Waals surface area contributed by atoms with Crippen molar-refractivity contribution in [2.45, 2.75) is 25.9 Å². The van der Waals surface area contributed by atoms with Gasteiger partial charge in [0.05, 0.1) is 23.7 Å². The number of hydrogen-bond donors (Lipinski definition) is 1. The number of nitrogens with one attached hydrogen (secondary N) is 1. The van der Waals surface area contributed by atoms with E-state index in [1.54, 1.807) is 6.07 Å². The number of ether oxygens (including phenoxy) is 2. The number of nitro groups is 1. The lowest BCUT2D eigenvalue weighted by atomic mass is 10.2. The molecule has 1 aliphatic heterocycles. The molecule has 1 aromatic carbocycles. The molecule has 1 aliphatic rings. The van der Waals surface area contributed by atoms with E-state index < -0.39 is 4.92 Å². The van der Waals surface area contributed by atoms with Crippen LogP contribution in [0.4, 0.5) is 11.4 Å². The van der Waals surface area contributed by atoms with Gasteiger partial charge in [0, 0.05) is 31.0 Å². The van der Waals surface area contributed by atoms with E-state index in [-0.39, 0.29) is 11.8 Å². The Morgan fingerprint density at radius 1 is 1.53 bits per heavy atom. The lowest BCUT2D eigenvalue weighted by Crippen LogP contribution is -2.18. The summed E-state index contributed by atoms with van der Waals surface area (Å²) in [7, 11) is 0. The number of anilines is 1. The van der Waals surface area contributed by atoms with E-state index in [2.05, 4.69) is 5.32 Å². The highest BCUT2D eigenvalue weighted by Gasteiger charge is 2.16. The molecule has 0 saturated carbocycles. The highest BCUT2D eigenvalue weighted by atomic mass is 16.6. The highest BCUT2D eigenvalue weighted by Crippen LogP contribution is 2.26. The molecule has 0 amide bonds. The van der Waals surface area contributed by atoms with E-state index in [0.29, 0.717) is 24.6 Å². The minimum Gasteiger partial charge on any atom is -0.494 e. The standard InChI is InChI=1S/C13H18N2O4/c1-2-18-13-7-10(6-11(8-13)15(16)17)14-9-12-4-3-5-19-12/h6-8,12,14H,2-5,9H2,1H3. The summed E-state index contributed by atoms with van der Waals surface area (Å²) in [6.07, 6.45) is 2.29. The summed E-state index contributed by atoms with van der Waals surface area (Å²) in [5.74, 6) is 0.506. The van der Waals surface area contributed by atoms with Crippen LogP contribution in [-0.4, -0.2) is 30.8 Å². The fourth-order valence-corrected chi connectivity index (χ4v) is 2.08. The van der Waals surface area contributed by atoms with Crippen LogP contribution >= 0.6 is 0 Å². The Balaban J connectivity index is 2.06. The Morgan fingerprint density at radius 3 is 3.00 bits per heavy atom. The van der Waals surface area contributed by atoms with Crippen LogP contribution in [0.15, 0.2) is 18.2 Å². The van der Waals surface area contributed by atoms with Crippen molar-refractivity contribution in [1.82, 2.24) is 0 Å². The molecule has 2 rings (SSSR count). The maximum Gasteiger partial charge on any atom is 0.275 e. The molecule has 1 unspecified atom stereocenters. The first kappa shape index (κ1) is 13.6. The van der Waals surface area contributed by atoms with Crippen molar-refractivity contribution in [2.75, 3.05) is 25.1 Å². The second kappa shape index (κ2) is 6.38. The molecule has 0 radical (unpaired) electrons. The molecule has 6 nitrogen and oxygen atoms in total. The largest absolute Gasteiger partial charge is 0.494 e. The Kier molecular flexibility index (Phi) is 4.57. The van der Waals surface area contributed by atoms with Crippen LogP contribution in [0.25, 0.3) is 0 Å². The third kappa shape index (κ3) is 3.82. The van der Waals surface area contributed by atoms with Gasteiger partial charge in [-0.3, -0.25) is 10.1 Å². The van der Waals surface area contributed by atoms with Gasteiger partial charge in [0.25, 0.3) is 5.69 Å². The normalized spacial score (nSPS) is 18.3. The molecule has 0 aliphatic carbocycles. The monoisotopic (exact) mass is 266 g/mol. The molecule has 104 valence electrons. The van der Waals surface area contributed by atoms with Gasteiger partial charge in [0.1, 0.15) is 5.75 Å². The van der Waals surface area contributed by atoms with E-state index in [4.69, 9.17) is 9.47 Å². The summed E-state index contributed by atoms with van der Waals surface area (Å²) < 4.78 is 10.8. The van der Waals surface area contributed by atoms with Gasteiger partial charge in [0.2, 0.25) is 0 Å². The second-order valence-electron chi connectivity index (χ2n) is 4.42. The number of nitrogens with zero attached hydrogens (tertiary/aromatic N) is 1. The smallest absolute Gasteiger partial charge is 0.275 e. The lowest BCUT2D eigenvalue weighted by molar-refractivity contribution is -0.384. The molecule has 1 N–H and O–H groups in total. The zero-order valence-electron chi connectivity index (χ0n) is 10.9. The molecule has 1 heterocycles. The molecule has 1 fully saturated rings. The van der Waals surface area contributed by atoms with Crippen molar-refractivity contribution in [3.05, 3.63) is 28.3 Å². The van der Waals surface area contributed by atoms with Gasteiger partial charge in [0.15, 0.2) is 0 Å². The van der Waals surface area contributed by atoms with Crippen molar-refractivity contribution in [3.8, 4) is 5.75 Å². The quantitative estimate of drug-likeness (QED) is 0.632. The molecule has 19 heavy (non-hydrogen) atoms. The summed E-state index contributed by atoms with van der Waals surface area (Å²) in [6.45, 7) is 3.78. The van der Waals surface area contributed by atoms with Crippen molar-refractivity contribution >= 4 is 11.4 Å². The van der Waals surface area contributed by atoms with E-state index in [1.807, 2.05) is 6.92 Å². The predicted octanol–water partition coefficient (Wildman–Crippen LogP) is 2.58. The number of nitro benzene ring substituents is 1. The SMILES string of the molecule is CCOc1cc(NCC2CCCO2)cc([N+](=O)[O-])c1. The Morgan fingerprint density at radius 2 is 2.37 bits per heavy atom. The predicted molar refractivity (Wildman–Crippen MR) is 71.7 cm³/mol. The summed E-state index contributed by atoms with van der Waals surface area (Å²) in [5.41, 5.74) is 0.717. The number of rotatable bonds is 6. The van der Waals surface area contributed by atoms with Crippen LogP contribution in [0.1, 0.15) is 19.8 Å². The average Bonchev–Trinajstić information content (AvgIpc) is 2.89. The fourth-order valence-electron chi connectivity index (χ4n) is 2.08. The minimum atomic E-state index is -0.417. The molecule has 0 spiro atoms. The third-order valence-electron chi connectivity index (χ3n) is 2.97. The van der Waals surface area contributed by atoms with Crippen LogP contribution in [0.5, 0.6) is 5.75 Å².